The number of nitrogen functional groups attached to an aromatic ring is 1. The molecule has 1 aliphatic rings. The van der Waals surface area contributed by atoms with Crippen molar-refractivity contribution in [3.05, 3.63) is 29.3 Å². The normalized spacial score (nSPS) is 18.1. The Labute approximate surface area is 111 Å². The molecule has 0 spiro atoms. The quantitative estimate of drug-likeness (QED) is 0.778. The number of aryl methyl sites for hydroxylation is 1. The third-order valence-electron chi connectivity index (χ3n) is 4.53. The van der Waals surface area contributed by atoms with Crippen molar-refractivity contribution in [1.29, 1.82) is 0 Å². The maximum atomic E-state index is 6.01. The number of nitrogens with one attached hydrogen (secondary N) is 1. The first-order valence-electron chi connectivity index (χ1n) is 7.21. The van der Waals surface area contributed by atoms with Gasteiger partial charge in [-0.05, 0) is 43.2 Å². The van der Waals surface area contributed by atoms with E-state index in [9.17, 15) is 0 Å². The molecule has 1 aromatic rings. The second kappa shape index (κ2) is 5.75. The van der Waals surface area contributed by atoms with E-state index >= 15 is 0 Å². The molecule has 1 fully saturated rings. The summed E-state index contributed by atoms with van der Waals surface area (Å²) in [7, 11) is 0. The van der Waals surface area contributed by atoms with Gasteiger partial charge in [0.15, 0.2) is 0 Å². The molecular weight excluding hydrogens is 220 g/mol. The molecule has 0 amide bonds. The number of nitrogens with two attached hydrogens (primary N) is 1. The molecule has 1 aromatic carbocycles. The Morgan fingerprint density at radius 3 is 2.67 bits per heavy atom. The first-order chi connectivity index (χ1) is 8.65. The molecule has 0 bridgehead atoms. The number of hydrogen-bond donors (Lipinski definition) is 2. The Hall–Kier alpha value is -1.02. The summed E-state index contributed by atoms with van der Waals surface area (Å²) >= 11 is 0. The maximum Gasteiger partial charge on any atom is 0.0359 e. The second-order valence-corrected chi connectivity index (χ2v) is 5.87. The first kappa shape index (κ1) is 13.4. The van der Waals surface area contributed by atoms with Gasteiger partial charge in [0.25, 0.3) is 0 Å². The highest BCUT2D eigenvalue weighted by Gasteiger charge is 2.31. The minimum atomic E-state index is 0.554. The van der Waals surface area contributed by atoms with Gasteiger partial charge in [-0.25, -0.2) is 0 Å². The molecule has 0 aromatic heterocycles. The number of hydrogen-bond acceptors (Lipinski definition) is 2. The fourth-order valence-corrected chi connectivity index (χ4v) is 3.13. The average Bonchev–Trinajstić information content (AvgIpc) is 2.83. The van der Waals surface area contributed by atoms with E-state index in [1.807, 2.05) is 6.07 Å². The predicted molar refractivity (Wildman–Crippen MR) is 78.5 cm³/mol. The molecule has 0 aliphatic heterocycles. The van der Waals surface area contributed by atoms with Crippen LogP contribution in [0.3, 0.4) is 0 Å². The van der Waals surface area contributed by atoms with E-state index in [1.165, 1.54) is 43.2 Å². The molecule has 1 saturated carbocycles. The van der Waals surface area contributed by atoms with Crippen molar-refractivity contribution in [2.45, 2.75) is 52.5 Å². The highest BCUT2D eigenvalue weighted by atomic mass is 14.9. The van der Waals surface area contributed by atoms with Crippen molar-refractivity contribution < 1.29 is 0 Å². The van der Waals surface area contributed by atoms with Crippen molar-refractivity contribution in [1.82, 2.24) is 5.32 Å². The standard InChI is InChI=1S/C16H26N2/c1-3-16(8-4-5-9-16)12-18-11-14-10-13(2)6-7-15(14)17/h6-7,10,18H,3-5,8-9,11-12,17H2,1-2H3. The third-order valence-corrected chi connectivity index (χ3v) is 4.53. The zero-order valence-corrected chi connectivity index (χ0v) is 11.8. The van der Waals surface area contributed by atoms with Crippen LogP contribution in [0.5, 0.6) is 0 Å². The molecule has 3 N–H and O–H groups in total. The van der Waals surface area contributed by atoms with Crippen LogP contribution in [-0.2, 0) is 6.54 Å². The van der Waals surface area contributed by atoms with E-state index in [2.05, 4.69) is 31.3 Å². The summed E-state index contributed by atoms with van der Waals surface area (Å²) in [6.07, 6.45) is 6.88. The summed E-state index contributed by atoms with van der Waals surface area (Å²) in [5.41, 5.74) is 9.99. The lowest BCUT2D eigenvalue weighted by molar-refractivity contribution is 0.268. The number of benzene rings is 1. The Morgan fingerprint density at radius 2 is 2.00 bits per heavy atom. The highest BCUT2D eigenvalue weighted by molar-refractivity contribution is 5.48. The van der Waals surface area contributed by atoms with Gasteiger partial charge in [0.2, 0.25) is 0 Å². The SMILES string of the molecule is CCC1(CNCc2cc(C)ccc2N)CCCC1. The van der Waals surface area contributed by atoms with Crippen molar-refractivity contribution in [2.75, 3.05) is 12.3 Å². The van der Waals surface area contributed by atoms with Gasteiger partial charge in [-0.15, -0.1) is 0 Å². The molecule has 2 nitrogen and oxygen atoms in total. The van der Waals surface area contributed by atoms with E-state index in [-0.39, 0.29) is 0 Å². The lowest BCUT2D eigenvalue weighted by Crippen LogP contribution is -2.31. The van der Waals surface area contributed by atoms with E-state index in [0.29, 0.717) is 5.41 Å². The van der Waals surface area contributed by atoms with Crippen LogP contribution in [0.15, 0.2) is 18.2 Å². The molecule has 0 heterocycles. The Balaban J connectivity index is 1.89. The molecule has 2 heteroatoms. The molecule has 2 rings (SSSR count). The molecule has 0 radical (unpaired) electrons. The Morgan fingerprint density at radius 1 is 1.28 bits per heavy atom. The summed E-state index contributed by atoms with van der Waals surface area (Å²) < 4.78 is 0. The molecule has 0 unspecified atom stereocenters. The Kier molecular flexibility index (Phi) is 4.28. The van der Waals surface area contributed by atoms with E-state index in [1.54, 1.807) is 0 Å². The average molecular weight is 246 g/mol. The summed E-state index contributed by atoms with van der Waals surface area (Å²) in [5.74, 6) is 0. The van der Waals surface area contributed by atoms with Crippen LogP contribution >= 0.6 is 0 Å². The topological polar surface area (TPSA) is 38.0 Å². The zero-order valence-electron chi connectivity index (χ0n) is 11.8. The van der Waals surface area contributed by atoms with Gasteiger partial charge in [-0.2, -0.15) is 0 Å². The maximum absolute atomic E-state index is 6.01. The number of anilines is 1. The summed E-state index contributed by atoms with van der Waals surface area (Å²) in [4.78, 5) is 0. The van der Waals surface area contributed by atoms with Gasteiger partial charge in [0.05, 0.1) is 0 Å². The highest BCUT2D eigenvalue weighted by Crippen LogP contribution is 2.40. The van der Waals surface area contributed by atoms with E-state index < -0.39 is 0 Å². The van der Waals surface area contributed by atoms with E-state index in [0.717, 1.165) is 18.8 Å². The first-order valence-corrected chi connectivity index (χ1v) is 7.21. The lowest BCUT2D eigenvalue weighted by atomic mass is 9.83. The van der Waals surface area contributed by atoms with Gasteiger partial charge >= 0.3 is 0 Å². The van der Waals surface area contributed by atoms with Gasteiger partial charge in [-0.1, -0.05) is 37.5 Å². The van der Waals surface area contributed by atoms with Crippen molar-refractivity contribution in [3.8, 4) is 0 Å². The molecule has 100 valence electrons. The third kappa shape index (κ3) is 3.05. The fraction of sp³-hybridized carbons (Fsp3) is 0.625. The monoisotopic (exact) mass is 246 g/mol. The molecule has 0 atom stereocenters. The van der Waals surface area contributed by atoms with Crippen LogP contribution in [0.25, 0.3) is 0 Å². The lowest BCUT2D eigenvalue weighted by Gasteiger charge is -2.28. The smallest absolute Gasteiger partial charge is 0.0359 e. The minimum Gasteiger partial charge on any atom is -0.398 e. The second-order valence-electron chi connectivity index (χ2n) is 5.87. The van der Waals surface area contributed by atoms with Crippen molar-refractivity contribution in [2.24, 2.45) is 5.41 Å². The summed E-state index contributed by atoms with van der Waals surface area (Å²) in [6.45, 7) is 6.48. The minimum absolute atomic E-state index is 0.554. The Bertz CT molecular complexity index is 392. The van der Waals surface area contributed by atoms with Crippen molar-refractivity contribution >= 4 is 5.69 Å². The predicted octanol–water partition coefficient (Wildman–Crippen LogP) is 3.64. The largest absolute Gasteiger partial charge is 0.398 e. The van der Waals surface area contributed by atoms with Crippen LogP contribution < -0.4 is 11.1 Å². The zero-order chi connectivity index (χ0) is 13.0. The molecule has 1 aliphatic carbocycles. The van der Waals surface area contributed by atoms with Crippen LogP contribution in [0.1, 0.15) is 50.2 Å². The van der Waals surface area contributed by atoms with Crippen molar-refractivity contribution in [3.63, 3.8) is 0 Å². The fourth-order valence-electron chi connectivity index (χ4n) is 3.13. The number of rotatable bonds is 5. The van der Waals surface area contributed by atoms with E-state index in [4.69, 9.17) is 5.73 Å². The molecular formula is C16H26N2. The summed E-state index contributed by atoms with van der Waals surface area (Å²) in [5, 5.41) is 3.62. The van der Waals surface area contributed by atoms with Gasteiger partial charge in [0.1, 0.15) is 0 Å². The van der Waals surface area contributed by atoms with Crippen LogP contribution in [-0.4, -0.2) is 6.54 Å². The summed E-state index contributed by atoms with van der Waals surface area (Å²) in [6, 6.07) is 6.27. The van der Waals surface area contributed by atoms with Gasteiger partial charge in [-0.3, -0.25) is 0 Å². The molecule has 0 saturated heterocycles. The van der Waals surface area contributed by atoms with Crippen LogP contribution in [0.2, 0.25) is 0 Å². The molecule has 18 heavy (non-hydrogen) atoms. The van der Waals surface area contributed by atoms with Gasteiger partial charge in [0, 0.05) is 18.8 Å². The van der Waals surface area contributed by atoms with Gasteiger partial charge < -0.3 is 11.1 Å². The van der Waals surface area contributed by atoms with Crippen LogP contribution in [0, 0.1) is 12.3 Å². The van der Waals surface area contributed by atoms with Crippen LogP contribution in [0.4, 0.5) is 5.69 Å².